The van der Waals surface area contributed by atoms with Crippen LogP contribution in [-0.4, -0.2) is 9.97 Å². The summed E-state index contributed by atoms with van der Waals surface area (Å²) in [6.45, 7) is 4.48. The van der Waals surface area contributed by atoms with Crippen molar-refractivity contribution in [2.75, 3.05) is 0 Å². The van der Waals surface area contributed by atoms with Crippen LogP contribution in [0, 0.1) is 0 Å². The van der Waals surface area contributed by atoms with Crippen molar-refractivity contribution in [3.63, 3.8) is 0 Å². The molecule has 0 aliphatic heterocycles. The predicted octanol–water partition coefficient (Wildman–Crippen LogP) is 6.50. The SMILES string of the molecule is CCCCc1nc(-c2ccccc2)nc(-c2ccccc2)c1CCCC. The molecular formula is C24H28N2. The van der Waals surface area contributed by atoms with Crippen molar-refractivity contribution in [2.45, 2.75) is 52.4 Å². The van der Waals surface area contributed by atoms with Crippen LogP contribution in [0.4, 0.5) is 0 Å². The number of hydrogen-bond acceptors (Lipinski definition) is 2. The minimum Gasteiger partial charge on any atom is -0.233 e. The highest BCUT2D eigenvalue weighted by atomic mass is 14.9. The van der Waals surface area contributed by atoms with Gasteiger partial charge in [-0.1, -0.05) is 87.4 Å². The molecule has 2 heteroatoms. The molecule has 0 amide bonds. The molecule has 0 saturated heterocycles. The lowest BCUT2D eigenvalue weighted by molar-refractivity contribution is 0.737. The Morgan fingerprint density at radius 3 is 1.85 bits per heavy atom. The second kappa shape index (κ2) is 9.28. The van der Waals surface area contributed by atoms with Gasteiger partial charge in [0, 0.05) is 22.4 Å². The number of benzene rings is 2. The Kier molecular flexibility index (Phi) is 6.54. The van der Waals surface area contributed by atoms with E-state index in [1.807, 2.05) is 6.07 Å². The van der Waals surface area contributed by atoms with Gasteiger partial charge >= 0.3 is 0 Å². The first-order valence-electron chi connectivity index (χ1n) is 9.84. The van der Waals surface area contributed by atoms with Gasteiger partial charge in [0.1, 0.15) is 0 Å². The van der Waals surface area contributed by atoms with E-state index in [9.17, 15) is 0 Å². The van der Waals surface area contributed by atoms with Gasteiger partial charge in [0.05, 0.1) is 5.69 Å². The van der Waals surface area contributed by atoms with E-state index in [2.05, 4.69) is 68.4 Å². The third-order valence-electron chi connectivity index (χ3n) is 4.72. The first-order chi connectivity index (χ1) is 12.8. The highest BCUT2D eigenvalue weighted by Crippen LogP contribution is 2.29. The quantitative estimate of drug-likeness (QED) is 0.466. The van der Waals surface area contributed by atoms with Crippen molar-refractivity contribution < 1.29 is 0 Å². The molecule has 3 rings (SSSR count). The van der Waals surface area contributed by atoms with Gasteiger partial charge in [0.25, 0.3) is 0 Å². The molecule has 0 aliphatic carbocycles. The second-order valence-electron chi connectivity index (χ2n) is 6.76. The molecule has 1 heterocycles. The van der Waals surface area contributed by atoms with Crippen molar-refractivity contribution in [1.29, 1.82) is 0 Å². The minimum atomic E-state index is 0.843. The molecule has 0 bridgehead atoms. The maximum Gasteiger partial charge on any atom is 0.160 e. The van der Waals surface area contributed by atoms with Crippen LogP contribution in [0.3, 0.4) is 0 Å². The number of aromatic nitrogens is 2. The zero-order valence-corrected chi connectivity index (χ0v) is 15.9. The molecule has 0 fully saturated rings. The predicted molar refractivity (Wildman–Crippen MR) is 110 cm³/mol. The van der Waals surface area contributed by atoms with Gasteiger partial charge in [-0.05, 0) is 25.7 Å². The molecule has 0 radical (unpaired) electrons. The summed E-state index contributed by atoms with van der Waals surface area (Å²) in [7, 11) is 0. The highest BCUT2D eigenvalue weighted by Gasteiger charge is 2.16. The molecule has 0 saturated carbocycles. The fraction of sp³-hybridized carbons (Fsp3) is 0.333. The smallest absolute Gasteiger partial charge is 0.160 e. The van der Waals surface area contributed by atoms with E-state index in [4.69, 9.17) is 9.97 Å². The Labute approximate surface area is 157 Å². The molecule has 134 valence electrons. The van der Waals surface area contributed by atoms with Crippen LogP contribution in [0.5, 0.6) is 0 Å². The summed E-state index contributed by atoms with van der Waals surface area (Å²) in [5.74, 6) is 0.843. The summed E-state index contributed by atoms with van der Waals surface area (Å²) in [4.78, 5) is 10.0. The number of hydrogen-bond donors (Lipinski definition) is 0. The van der Waals surface area contributed by atoms with E-state index in [1.54, 1.807) is 0 Å². The molecule has 0 aliphatic rings. The first kappa shape index (κ1) is 18.3. The average Bonchev–Trinajstić information content (AvgIpc) is 2.71. The average molecular weight is 345 g/mol. The molecule has 0 spiro atoms. The standard InChI is InChI=1S/C24H28N2/c1-3-5-17-21-22(18-6-4-2)25-24(20-15-11-8-12-16-20)26-23(21)19-13-9-7-10-14-19/h7-16H,3-6,17-18H2,1-2H3. The van der Waals surface area contributed by atoms with Gasteiger partial charge in [0.2, 0.25) is 0 Å². The molecule has 0 atom stereocenters. The molecule has 0 N–H and O–H groups in total. The van der Waals surface area contributed by atoms with Crippen molar-refractivity contribution in [3.05, 3.63) is 71.9 Å². The second-order valence-corrected chi connectivity index (χ2v) is 6.76. The largest absolute Gasteiger partial charge is 0.233 e. The van der Waals surface area contributed by atoms with Gasteiger partial charge in [-0.15, -0.1) is 0 Å². The fourth-order valence-corrected chi connectivity index (χ4v) is 3.25. The summed E-state index contributed by atoms with van der Waals surface area (Å²) in [6.07, 6.45) is 6.78. The molecule has 3 aromatic rings. The zero-order chi connectivity index (χ0) is 18.2. The number of aryl methyl sites for hydroxylation is 1. The summed E-state index contributed by atoms with van der Waals surface area (Å²) in [5, 5.41) is 0. The van der Waals surface area contributed by atoms with E-state index >= 15 is 0 Å². The first-order valence-corrected chi connectivity index (χ1v) is 9.84. The lowest BCUT2D eigenvalue weighted by Gasteiger charge is -2.16. The highest BCUT2D eigenvalue weighted by molar-refractivity contribution is 5.68. The monoisotopic (exact) mass is 344 g/mol. The Morgan fingerprint density at radius 2 is 1.23 bits per heavy atom. The van der Waals surface area contributed by atoms with Crippen molar-refractivity contribution in [3.8, 4) is 22.6 Å². The molecular weight excluding hydrogens is 316 g/mol. The summed E-state index contributed by atoms with van der Waals surface area (Å²) in [5.41, 5.74) is 5.96. The molecule has 2 aromatic carbocycles. The third-order valence-corrected chi connectivity index (χ3v) is 4.72. The van der Waals surface area contributed by atoms with Crippen LogP contribution in [0.15, 0.2) is 60.7 Å². The Hall–Kier alpha value is -2.48. The van der Waals surface area contributed by atoms with Gasteiger partial charge in [0.15, 0.2) is 5.82 Å². The Balaban J connectivity index is 2.16. The van der Waals surface area contributed by atoms with Crippen LogP contribution in [0.25, 0.3) is 22.6 Å². The topological polar surface area (TPSA) is 25.8 Å². The summed E-state index contributed by atoms with van der Waals surface area (Å²) >= 11 is 0. The maximum atomic E-state index is 5.02. The van der Waals surface area contributed by atoms with Crippen LogP contribution < -0.4 is 0 Å². The Morgan fingerprint density at radius 1 is 0.654 bits per heavy atom. The normalized spacial score (nSPS) is 10.8. The molecule has 0 unspecified atom stereocenters. The maximum absolute atomic E-state index is 5.02. The number of unbranched alkanes of at least 4 members (excludes halogenated alkanes) is 2. The van der Waals surface area contributed by atoms with Crippen LogP contribution >= 0.6 is 0 Å². The van der Waals surface area contributed by atoms with E-state index < -0.39 is 0 Å². The summed E-state index contributed by atoms with van der Waals surface area (Å²) < 4.78 is 0. The van der Waals surface area contributed by atoms with Crippen molar-refractivity contribution >= 4 is 0 Å². The zero-order valence-electron chi connectivity index (χ0n) is 15.9. The van der Waals surface area contributed by atoms with Gasteiger partial charge in [-0.2, -0.15) is 0 Å². The van der Waals surface area contributed by atoms with Crippen LogP contribution in [-0.2, 0) is 12.8 Å². The summed E-state index contributed by atoms with van der Waals surface area (Å²) in [6, 6.07) is 20.9. The number of rotatable bonds is 8. The van der Waals surface area contributed by atoms with E-state index in [-0.39, 0.29) is 0 Å². The van der Waals surface area contributed by atoms with E-state index in [0.29, 0.717) is 0 Å². The van der Waals surface area contributed by atoms with Crippen molar-refractivity contribution in [1.82, 2.24) is 9.97 Å². The molecule has 26 heavy (non-hydrogen) atoms. The Bertz CT molecular complexity index is 810. The van der Waals surface area contributed by atoms with Gasteiger partial charge in [-0.3, -0.25) is 0 Å². The van der Waals surface area contributed by atoms with Gasteiger partial charge < -0.3 is 0 Å². The lowest BCUT2D eigenvalue weighted by atomic mass is 9.97. The van der Waals surface area contributed by atoms with Gasteiger partial charge in [-0.25, -0.2) is 9.97 Å². The van der Waals surface area contributed by atoms with Crippen LogP contribution in [0.2, 0.25) is 0 Å². The van der Waals surface area contributed by atoms with Crippen LogP contribution in [0.1, 0.15) is 50.8 Å². The van der Waals surface area contributed by atoms with E-state index in [1.165, 1.54) is 42.5 Å². The molecule has 2 nitrogen and oxygen atoms in total. The fourth-order valence-electron chi connectivity index (χ4n) is 3.25. The minimum absolute atomic E-state index is 0.843. The molecule has 1 aromatic heterocycles. The lowest BCUT2D eigenvalue weighted by Crippen LogP contribution is -2.06. The third kappa shape index (κ3) is 4.37. The van der Waals surface area contributed by atoms with Crippen molar-refractivity contribution in [2.24, 2.45) is 0 Å². The van der Waals surface area contributed by atoms with E-state index in [0.717, 1.165) is 29.9 Å². The number of nitrogens with zero attached hydrogens (tertiary/aromatic N) is 2.